The summed E-state index contributed by atoms with van der Waals surface area (Å²) < 4.78 is 10.7. The van der Waals surface area contributed by atoms with Crippen LogP contribution in [-0.2, 0) is 16.0 Å². The van der Waals surface area contributed by atoms with E-state index < -0.39 is 0 Å². The number of hydrogen-bond donors (Lipinski definition) is 0. The Morgan fingerprint density at radius 1 is 0.781 bits per heavy atom. The molecular formula is C26H22N2O4. The van der Waals surface area contributed by atoms with Crippen LogP contribution in [0.4, 0.5) is 11.4 Å². The third-order valence-electron chi connectivity index (χ3n) is 5.90. The smallest absolute Gasteiger partial charge is 0.282 e. The molecule has 6 heteroatoms. The van der Waals surface area contributed by atoms with Crippen LogP contribution in [0, 0.1) is 0 Å². The van der Waals surface area contributed by atoms with Crippen molar-refractivity contribution in [2.24, 2.45) is 0 Å². The van der Waals surface area contributed by atoms with Crippen molar-refractivity contribution in [3.63, 3.8) is 0 Å². The molecule has 2 aliphatic rings. The number of anilines is 2. The minimum Gasteiger partial charge on any atom is -0.493 e. The summed E-state index contributed by atoms with van der Waals surface area (Å²) >= 11 is 0. The van der Waals surface area contributed by atoms with E-state index in [1.165, 1.54) is 12.0 Å². The lowest BCUT2D eigenvalue weighted by molar-refractivity contribution is -0.120. The molecule has 3 aromatic carbocycles. The van der Waals surface area contributed by atoms with Gasteiger partial charge in [-0.2, -0.15) is 0 Å². The highest BCUT2D eigenvalue weighted by molar-refractivity contribution is 6.46. The monoisotopic (exact) mass is 426 g/mol. The summed E-state index contributed by atoms with van der Waals surface area (Å²) in [7, 11) is 3.07. The zero-order valence-corrected chi connectivity index (χ0v) is 17.9. The second-order valence-electron chi connectivity index (χ2n) is 7.60. The Balaban J connectivity index is 1.66. The number of methoxy groups -OCH3 is 2. The lowest BCUT2D eigenvalue weighted by Crippen LogP contribution is -2.34. The highest BCUT2D eigenvalue weighted by Crippen LogP contribution is 2.41. The number of benzene rings is 3. The van der Waals surface area contributed by atoms with Crippen LogP contribution in [0.15, 0.2) is 78.5 Å². The predicted octanol–water partition coefficient (Wildman–Crippen LogP) is 4.05. The SMILES string of the molecule is COc1ccc(N2C(=O)C(c3ccccc3)=C(N3CCc4ccccc43)C2=O)cc1OC. The van der Waals surface area contributed by atoms with Gasteiger partial charge in [0.05, 0.1) is 25.5 Å². The molecule has 0 saturated heterocycles. The first-order valence-electron chi connectivity index (χ1n) is 10.4. The van der Waals surface area contributed by atoms with Crippen LogP contribution in [0.1, 0.15) is 11.1 Å². The standard InChI is InChI=1S/C26H22N2O4/c1-31-21-13-12-19(16-22(21)32-2)28-25(29)23(18-9-4-3-5-10-18)24(26(28)30)27-15-14-17-8-6-7-11-20(17)27/h3-13,16H,14-15H2,1-2H3. The second kappa shape index (κ2) is 7.89. The summed E-state index contributed by atoms with van der Waals surface area (Å²) in [5.41, 5.74) is 4.09. The first kappa shape index (κ1) is 19.9. The summed E-state index contributed by atoms with van der Waals surface area (Å²) in [6.07, 6.45) is 0.819. The third kappa shape index (κ3) is 3.03. The Hall–Kier alpha value is -4.06. The molecule has 6 nitrogen and oxygen atoms in total. The molecule has 5 rings (SSSR count). The van der Waals surface area contributed by atoms with Crippen molar-refractivity contribution in [2.75, 3.05) is 30.6 Å². The lowest BCUT2D eigenvalue weighted by Gasteiger charge is -2.22. The van der Waals surface area contributed by atoms with Crippen LogP contribution < -0.4 is 19.3 Å². The molecule has 0 unspecified atom stereocenters. The van der Waals surface area contributed by atoms with Gasteiger partial charge >= 0.3 is 0 Å². The molecule has 32 heavy (non-hydrogen) atoms. The fourth-order valence-corrected chi connectivity index (χ4v) is 4.40. The molecule has 0 N–H and O–H groups in total. The summed E-state index contributed by atoms with van der Waals surface area (Å²) in [6, 6.07) is 22.4. The first-order valence-corrected chi connectivity index (χ1v) is 10.4. The van der Waals surface area contributed by atoms with Crippen LogP contribution in [0.3, 0.4) is 0 Å². The number of fused-ring (bicyclic) bond motifs is 1. The van der Waals surface area contributed by atoms with Gasteiger partial charge in [0, 0.05) is 18.3 Å². The van der Waals surface area contributed by atoms with E-state index in [9.17, 15) is 9.59 Å². The number of carbonyl (C=O) groups is 2. The van der Waals surface area contributed by atoms with Crippen LogP contribution in [-0.4, -0.2) is 32.6 Å². The average Bonchev–Trinajstić information content (AvgIpc) is 3.37. The number of hydrogen-bond acceptors (Lipinski definition) is 5. The largest absolute Gasteiger partial charge is 0.493 e. The van der Waals surface area contributed by atoms with E-state index in [4.69, 9.17) is 9.47 Å². The molecular weight excluding hydrogens is 404 g/mol. The number of para-hydroxylation sites is 1. The van der Waals surface area contributed by atoms with Gasteiger partial charge in [-0.3, -0.25) is 9.59 Å². The Morgan fingerprint density at radius 2 is 1.50 bits per heavy atom. The fraction of sp³-hybridized carbons (Fsp3) is 0.154. The molecule has 2 aliphatic heterocycles. The van der Waals surface area contributed by atoms with Crippen molar-refractivity contribution >= 4 is 28.8 Å². The van der Waals surface area contributed by atoms with Gasteiger partial charge in [0.25, 0.3) is 11.8 Å². The first-order chi connectivity index (χ1) is 15.6. The number of imide groups is 1. The molecule has 2 heterocycles. The van der Waals surface area contributed by atoms with Gasteiger partial charge in [-0.25, -0.2) is 4.90 Å². The molecule has 0 aromatic heterocycles. The normalized spacial score (nSPS) is 15.4. The van der Waals surface area contributed by atoms with E-state index in [-0.39, 0.29) is 11.8 Å². The van der Waals surface area contributed by atoms with Crippen molar-refractivity contribution in [3.8, 4) is 11.5 Å². The van der Waals surface area contributed by atoms with E-state index in [2.05, 4.69) is 6.07 Å². The molecule has 2 amide bonds. The highest BCUT2D eigenvalue weighted by atomic mass is 16.5. The zero-order chi connectivity index (χ0) is 22.2. The molecule has 0 spiro atoms. The van der Waals surface area contributed by atoms with Gasteiger partial charge in [-0.15, -0.1) is 0 Å². The Bertz CT molecular complexity index is 1250. The molecule has 0 atom stereocenters. The van der Waals surface area contributed by atoms with Crippen LogP contribution in [0.25, 0.3) is 5.57 Å². The van der Waals surface area contributed by atoms with E-state index in [1.807, 2.05) is 53.4 Å². The molecule has 0 fully saturated rings. The van der Waals surface area contributed by atoms with Gasteiger partial charge in [0.15, 0.2) is 11.5 Å². The number of amides is 2. The van der Waals surface area contributed by atoms with Gasteiger partial charge < -0.3 is 14.4 Å². The second-order valence-corrected chi connectivity index (χ2v) is 7.60. The molecule has 0 aliphatic carbocycles. The molecule has 160 valence electrons. The maximum atomic E-state index is 13.8. The predicted molar refractivity (Wildman–Crippen MR) is 123 cm³/mol. The molecule has 0 radical (unpaired) electrons. The van der Waals surface area contributed by atoms with Crippen molar-refractivity contribution in [1.82, 2.24) is 0 Å². The van der Waals surface area contributed by atoms with E-state index >= 15 is 0 Å². The van der Waals surface area contributed by atoms with E-state index in [0.29, 0.717) is 40.6 Å². The van der Waals surface area contributed by atoms with Crippen LogP contribution >= 0.6 is 0 Å². The molecule has 0 saturated carbocycles. The number of nitrogens with zero attached hydrogens (tertiary/aromatic N) is 2. The number of rotatable bonds is 5. The lowest BCUT2D eigenvalue weighted by atomic mass is 10.0. The summed E-state index contributed by atoms with van der Waals surface area (Å²) in [5, 5.41) is 0. The van der Waals surface area contributed by atoms with Gasteiger partial charge in [-0.1, -0.05) is 48.5 Å². The van der Waals surface area contributed by atoms with E-state index in [1.54, 1.807) is 25.3 Å². The average molecular weight is 426 g/mol. The van der Waals surface area contributed by atoms with Crippen LogP contribution in [0.5, 0.6) is 11.5 Å². The summed E-state index contributed by atoms with van der Waals surface area (Å²) in [4.78, 5) is 30.7. The maximum absolute atomic E-state index is 13.8. The van der Waals surface area contributed by atoms with Gasteiger partial charge in [-0.05, 0) is 35.7 Å². The Labute approximate surface area is 186 Å². The zero-order valence-electron chi connectivity index (χ0n) is 17.9. The van der Waals surface area contributed by atoms with Crippen molar-refractivity contribution in [2.45, 2.75) is 6.42 Å². The minimum absolute atomic E-state index is 0.349. The highest BCUT2D eigenvalue weighted by Gasteiger charge is 2.44. The van der Waals surface area contributed by atoms with Gasteiger partial charge in [0.2, 0.25) is 0 Å². The number of ether oxygens (including phenoxy) is 2. The third-order valence-corrected chi connectivity index (χ3v) is 5.90. The summed E-state index contributed by atoms with van der Waals surface area (Å²) in [5.74, 6) is 0.276. The minimum atomic E-state index is -0.354. The maximum Gasteiger partial charge on any atom is 0.282 e. The van der Waals surface area contributed by atoms with Crippen LogP contribution in [0.2, 0.25) is 0 Å². The summed E-state index contributed by atoms with van der Waals surface area (Å²) in [6.45, 7) is 0.643. The molecule has 0 bridgehead atoms. The number of carbonyl (C=O) groups excluding carboxylic acids is 2. The van der Waals surface area contributed by atoms with Crippen molar-refractivity contribution in [3.05, 3.63) is 89.6 Å². The quantitative estimate of drug-likeness (QED) is 0.576. The van der Waals surface area contributed by atoms with Crippen molar-refractivity contribution in [1.29, 1.82) is 0 Å². The Morgan fingerprint density at radius 3 is 2.25 bits per heavy atom. The van der Waals surface area contributed by atoms with Gasteiger partial charge in [0.1, 0.15) is 5.70 Å². The van der Waals surface area contributed by atoms with Crippen molar-refractivity contribution < 1.29 is 19.1 Å². The fourth-order valence-electron chi connectivity index (χ4n) is 4.40. The van der Waals surface area contributed by atoms with E-state index in [0.717, 1.165) is 17.7 Å². The topological polar surface area (TPSA) is 59.1 Å². The molecule has 3 aromatic rings. The Kier molecular flexibility index (Phi) is 4.90.